The third kappa shape index (κ3) is 2.25. The van der Waals surface area contributed by atoms with Crippen LogP contribution in [0.4, 0.5) is 0 Å². The van der Waals surface area contributed by atoms with Crippen LogP contribution in [0.2, 0.25) is 0 Å². The van der Waals surface area contributed by atoms with Gasteiger partial charge in [0.1, 0.15) is 11.8 Å². The highest BCUT2D eigenvalue weighted by Gasteiger charge is 2.16. The molecule has 0 aliphatic rings. The van der Waals surface area contributed by atoms with E-state index in [0.717, 1.165) is 12.8 Å². The summed E-state index contributed by atoms with van der Waals surface area (Å²) in [6.45, 7) is 2.45. The molecule has 0 amide bonds. The summed E-state index contributed by atoms with van der Waals surface area (Å²) in [5.41, 5.74) is 1.38. The number of carbonyl (C=O) groups is 1. The highest BCUT2D eigenvalue weighted by molar-refractivity contribution is 5.98. The van der Waals surface area contributed by atoms with Gasteiger partial charge in [-0.25, -0.2) is 19.7 Å². The van der Waals surface area contributed by atoms with E-state index in [9.17, 15) is 4.79 Å². The van der Waals surface area contributed by atoms with Crippen molar-refractivity contribution in [3.63, 3.8) is 0 Å². The zero-order valence-electron chi connectivity index (χ0n) is 9.88. The number of aryl methyl sites for hydroxylation is 1. The van der Waals surface area contributed by atoms with Crippen molar-refractivity contribution in [2.75, 3.05) is 6.61 Å². The van der Waals surface area contributed by atoms with Gasteiger partial charge in [-0.1, -0.05) is 13.3 Å². The fourth-order valence-corrected chi connectivity index (χ4v) is 1.51. The molecule has 0 bridgehead atoms. The second-order valence-electron chi connectivity index (χ2n) is 3.74. The molecule has 0 saturated carbocycles. The van der Waals surface area contributed by atoms with Crippen molar-refractivity contribution in [3.8, 4) is 0 Å². The normalized spacial score (nSPS) is 10.7. The van der Waals surface area contributed by atoms with E-state index >= 15 is 0 Å². The second kappa shape index (κ2) is 4.90. The van der Waals surface area contributed by atoms with E-state index in [1.807, 2.05) is 6.92 Å². The van der Waals surface area contributed by atoms with Gasteiger partial charge in [-0.2, -0.15) is 0 Å². The Kier molecular flexibility index (Phi) is 3.32. The molecule has 90 valence electrons. The Labute approximate surface area is 98.7 Å². The molecule has 6 heteroatoms. The summed E-state index contributed by atoms with van der Waals surface area (Å²) in [4.78, 5) is 23.9. The van der Waals surface area contributed by atoms with Crippen molar-refractivity contribution in [2.45, 2.75) is 19.8 Å². The van der Waals surface area contributed by atoms with Crippen LogP contribution in [0.5, 0.6) is 0 Å². The number of unbranched alkanes of at least 4 members (excludes halogenated alkanes) is 1. The Balaban J connectivity index is 2.28. The first-order chi connectivity index (χ1) is 8.24. The quantitative estimate of drug-likeness (QED) is 0.589. The van der Waals surface area contributed by atoms with E-state index < -0.39 is 5.97 Å². The first kappa shape index (κ1) is 11.5. The Hall–Kier alpha value is -1.98. The monoisotopic (exact) mass is 234 g/mol. The van der Waals surface area contributed by atoms with Crippen LogP contribution in [0.1, 0.15) is 30.3 Å². The van der Waals surface area contributed by atoms with E-state index in [4.69, 9.17) is 4.74 Å². The summed E-state index contributed by atoms with van der Waals surface area (Å²) >= 11 is 0. The number of rotatable bonds is 4. The van der Waals surface area contributed by atoms with Gasteiger partial charge in [-0.15, -0.1) is 0 Å². The number of hydrogen-bond acceptors (Lipinski definition) is 5. The van der Waals surface area contributed by atoms with Crippen molar-refractivity contribution in [1.29, 1.82) is 0 Å². The van der Waals surface area contributed by atoms with Gasteiger partial charge in [-0.3, -0.25) is 0 Å². The predicted molar refractivity (Wildman–Crippen MR) is 61.5 cm³/mol. The average Bonchev–Trinajstić information content (AvgIpc) is 2.71. The maximum absolute atomic E-state index is 11.8. The van der Waals surface area contributed by atoms with Gasteiger partial charge in [-0.05, 0) is 6.42 Å². The molecule has 0 fully saturated rings. The molecule has 0 unspecified atom stereocenters. The summed E-state index contributed by atoms with van der Waals surface area (Å²) in [7, 11) is 1.79. The molecular formula is C11H14N4O2. The number of nitrogens with zero attached hydrogens (tertiary/aromatic N) is 4. The molecule has 0 spiro atoms. The lowest BCUT2D eigenvalue weighted by Gasteiger charge is -2.04. The standard InChI is InChI=1S/C11H14N4O2/c1-3-4-5-17-11(16)8-9-10(13-6-12-8)14-7-15(9)2/h6-7H,3-5H2,1-2H3. The zero-order chi connectivity index (χ0) is 12.3. The summed E-state index contributed by atoms with van der Waals surface area (Å²) in [5, 5.41) is 0. The Morgan fingerprint density at radius 2 is 2.24 bits per heavy atom. The number of imidazole rings is 1. The molecule has 0 atom stereocenters. The Bertz CT molecular complexity index is 535. The van der Waals surface area contributed by atoms with Gasteiger partial charge in [0.2, 0.25) is 0 Å². The highest BCUT2D eigenvalue weighted by atomic mass is 16.5. The van der Waals surface area contributed by atoms with E-state index in [0.29, 0.717) is 17.8 Å². The van der Waals surface area contributed by atoms with Gasteiger partial charge in [0.05, 0.1) is 12.9 Å². The molecule has 2 rings (SSSR count). The van der Waals surface area contributed by atoms with Gasteiger partial charge in [0.15, 0.2) is 11.3 Å². The Morgan fingerprint density at radius 3 is 3.00 bits per heavy atom. The first-order valence-corrected chi connectivity index (χ1v) is 5.53. The van der Waals surface area contributed by atoms with Crippen molar-refractivity contribution in [3.05, 3.63) is 18.3 Å². The molecule has 0 aliphatic heterocycles. The number of ether oxygens (including phenoxy) is 1. The number of esters is 1. The van der Waals surface area contributed by atoms with Crippen LogP contribution < -0.4 is 0 Å². The van der Waals surface area contributed by atoms with Gasteiger partial charge < -0.3 is 9.30 Å². The van der Waals surface area contributed by atoms with E-state index in [2.05, 4.69) is 15.0 Å². The summed E-state index contributed by atoms with van der Waals surface area (Å²) in [6.07, 6.45) is 4.76. The smallest absolute Gasteiger partial charge is 0.359 e. The van der Waals surface area contributed by atoms with Gasteiger partial charge in [0.25, 0.3) is 0 Å². The third-order valence-corrected chi connectivity index (χ3v) is 2.43. The zero-order valence-corrected chi connectivity index (χ0v) is 9.88. The Morgan fingerprint density at radius 1 is 1.41 bits per heavy atom. The van der Waals surface area contributed by atoms with Crippen molar-refractivity contribution in [1.82, 2.24) is 19.5 Å². The van der Waals surface area contributed by atoms with Gasteiger partial charge in [0, 0.05) is 7.05 Å². The predicted octanol–water partition coefficient (Wildman–Crippen LogP) is 1.32. The maximum Gasteiger partial charge on any atom is 0.359 e. The lowest BCUT2D eigenvalue weighted by molar-refractivity contribution is 0.0494. The number of aromatic nitrogens is 4. The number of fused-ring (bicyclic) bond motifs is 1. The molecule has 0 aliphatic carbocycles. The summed E-state index contributed by atoms with van der Waals surface area (Å²) in [5.74, 6) is -0.422. The van der Waals surface area contributed by atoms with Crippen LogP contribution >= 0.6 is 0 Å². The number of hydrogen-bond donors (Lipinski definition) is 0. The minimum absolute atomic E-state index is 0.270. The largest absolute Gasteiger partial charge is 0.461 e. The summed E-state index contributed by atoms with van der Waals surface area (Å²) in [6, 6.07) is 0. The molecule has 0 N–H and O–H groups in total. The fourth-order valence-electron chi connectivity index (χ4n) is 1.51. The fraction of sp³-hybridized carbons (Fsp3) is 0.455. The van der Waals surface area contributed by atoms with Crippen molar-refractivity contribution in [2.24, 2.45) is 7.05 Å². The average molecular weight is 234 g/mol. The van der Waals surface area contributed by atoms with Crippen LogP contribution in [0.3, 0.4) is 0 Å². The molecule has 2 aromatic rings. The molecule has 6 nitrogen and oxygen atoms in total. The minimum Gasteiger partial charge on any atom is -0.461 e. The molecule has 17 heavy (non-hydrogen) atoms. The highest BCUT2D eigenvalue weighted by Crippen LogP contribution is 2.13. The molecule has 2 aromatic heterocycles. The number of carbonyl (C=O) groups excluding carboxylic acids is 1. The van der Waals surface area contributed by atoms with Crippen molar-refractivity contribution < 1.29 is 9.53 Å². The SMILES string of the molecule is CCCCOC(=O)c1ncnc2ncn(C)c12. The molecule has 2 heterocycles. The topological polar surface area (TPSA) is 69.9 Å². The van der Waals surface area contributed by atoms with Crippen LogP contribution in [0, 0.1) is 0 Å². The third-order valence-electron chi connectivity index (χ3n) is 2.43. The van der Waals surface area contributed by atoms with Crippen LogP contribution in [0.15, 0.2) is 12.7 Å². The van der Waals surface area contributed by atoms with Crippen LogP contribution in [0.25, 0.3) is 11.2 Å². The molecule has 0 aromatic carbocycles. The van der Waals surface area contributed by atoms with Gasteiger partial charge >= 0.3 is 5.97 Å². The first-order valence-electron chi connectivity index (χ1n) is 5.53. The molecule has 0 radical (unpaired) electrons. The molecular weight excluding hydrogens is 220 g/mol. The van der Waals surface area contributed by atoms with Crippen LogP contribution in [-0.4, -0.2) is 32.1 Å². The summed E-state index contributed by atoms with van der Waals surface area (Å²) < 4.78 is 6.84. The van der Waals surface area contributed by atoms with E-state index in [1.165, 1.54) is 6.33 Å². The lowest BCUT2D eigenvalue weighted by Crippen LogP contribution is -2.10. The van der Waals surface area contributed by atoms with Crippen molar-refractivity contribution >= 4 is 17.1 Å². The van der Waals surface area contributed by atoms with E-state index in [-0.39, 0.29) is 5.69 Å². The second-order valence-corrected chi connectivity index (χ2v) is 3.74. The minimum atomic E-state index is -0.422. The van der Waals surface area contributed by atoms with Crippen LogP contribution in [-0.2, 0) is 11.8 Å². The van der Waals surface area contributed by atoms with E-state index in [1.54, 1.807) is 17.9 Å². The lowest BCUT2D eigenvalue weighted by atomic mass is 10.3. The maximum atomic E-state index is 11.8. The molecule has 0 saturated heterocycles.